The van der Waals surface area contributed by atoms with Crippen molar-refractivity contribution in [2.45, 2.75) is 78.6 Å². The Bertz CT molecular complexity index is 755. The highest BCUT2D eigenvalue weighted by Crippen LogP contribution is 2.76. The average molecular weight is 589 g/mol. The molecule has 0 aromatic heterocycles. The van der Waals surface area contributed by atoms with Gasteiger partial charge in [0.2, 0.25) is 0 Å². The standard InChI is InChI=1S/C20H56N4P4Si4/c1-25(17-29(5,6)7)21-26(2,18-30(8,9)10)23-28(4,20-32(14,15)16)24-27(3,22-25)19-31(11,12)13/h17-20H2,1-16H3. The van der Waals surface area contributed by atoms with E-state index in [1.807, 2.05) is 0 Å². The molecule has 32 heavy (non-hydrogen) atoms. The fraction of sp³-hybridized carbons (Fsp3) is 1.00. The summed E-state index contributed by atoms with van der Waals surface area (Å²) in [7, 11) is -12.4. The van der Waals surface area contributed by atoms with Crippen molar-refractivity contribution in [3.05, 3.63) is 0 Å². The molecule has 0 radical (unpaired) electrons. The van der Waals surface area contributed by atoms with Crippen LogP contribution in [0.3, 0.4) is 0 Å². The van der Waals surface area contributed by atoms with Crippen LogP contribution >= 0.6 is 28.8 Å². The Morgan fingerprint density at radius 3 is 0.562 bits per heavy atom. The van der Waals surface area contributed by atoms with E-state index in [1.165, 1.54) is 23.1 Å². The Labute approximate surface area is 206 Å². The minimum Gasteiger partial charge on any atom is -0.242 e. The second-order valence-corrected chi connectivity index (χ2v) is 52.7. The highest BCUT2D eigenvalue weighted by molar-refractivity contribution is 7.88. The first kappa shape index (κ1) is 31.8. The molecule has 0 aliphatic carbocycles. The molecular weight excluding hydrogens is 532 g/mol. The molecule has 1 aliphatic heterocycles. The minimum absolute atomic E-state index is 1.23. The van der Waals surface area contributed by atoms with Crippen molar-refractivity contribution in [2.75, 3.05) is 49.8 Å². The first-order valence-corrected chi connectivity index (χ1v) is 36.2. The third-order valence-corrected chi connectivity index (χ3v) is 41.7. The summed E-state index contributed by atoms with van der Waals surface area (Å²) in [4.78, 5) is 0. The van der Waals surface area contributed by atoms with Crippen LogP contribution in [0.25, 0.3) is 0 Å². The topological polar surface area (TPSA) is 49.4 Å². The summed E-state index contributed by atoms with van der Waals surface area (Å²) in [6.45, 7) is 39.9. The van der Waals surface area contributed by atoms with Gasteiger partial charge in [-0.05, 0) is 49.8 Å². The smallest absolute Gasteiger partial charge is 0.0754 e. The van der Waals surface area contributed by atoms with E-state index in [1.54, 1.807) is 0 Å². The van der Waals surface area contributed by atoms with Crippen LogP contribution in [0.15, 0.2) is 18.1 Å². The van der Waals surface area contributed by atoms with Gasteiger partial charge in [-0.1, -0.05) is 78.6 Å². The van der Waals surface area contributed by atoms with Crippen LogP contribution in [0.4, 0.5) is 0 Å². The van der Waals surface area contributed by atoms with Gasteiger partial charge >= 0.3 is 0 Å². The van der Waals surface area contributed by atoms with E-state index in [0.29, 0.717) is 0 Å². The lowest BCUT2D eigenvalue weighted by atomic mass is 11.7. The van der Waals surface area contributed by atoms with Crippen molar-refractivity contribution in [2.24, 2.45) is 18.1 Å². The Kier molecular flexibility index (Phi) is 9.86. The van der Waals surface area contributed by atoms with Gasteiger partial charge < -0.3 is 0 Å². The molecule has 0 aromatic carbocycles. The molecule has 0 amide bonds. The molecule has 1 rings (SSSR count). The van der Waals surface area contributed by atoms with Crippen LogP contribution in [0.5, 0.6) is 0 Å². The van der Waals surface area contributed by atoms with Crippen molar-refractivity contribution < 1.29 is 0 Å². The van der Waals surface area contributed by atoms with E-state index in [9.17, 15) is 0 Å². The Morgan fingerprint density at radius 2 is 0.469 bits per heavy atom. The molecule has 0 bridgehead atoms. The molecule has 1 heterocycles. The maximum absolute atomic E-state index is 5.91. The van der Waals surface area contributed by atoms with Crippen molar-refractivity contribution >= 4 is 61.1 Å². The summed E-state index contributed by atoms with van der Waals surface area (Å²) in [5, 5.41) is 0. The minimum atomic E-state index is -1.78. The number of rotatable bonds is 8. The lowest BCUT2D eigenvalue weighted by molar-refractivity contribution is 1.51. The second-order valence-electron chi connectivity index (χ2n) is 15.6. The van der Waals surface area contributed by atoms with E-state index >= 15 is 0 Å². The van der Waals surface area contributed by atoms with Crippen LogP contribution < -0.4 is 0 Å². The van der Waals surface area contributed by atoms with Gasteiger partial charge in [-0.2, -0.15) is 0 Å². The van der Waals surface area contributed by atoms with E-state index in [2.05, 4.69) is 105 Å². The number of nitrogens with zero attached hydrogens (tertiary/aromatic N) is 4. The summed E-state index contributed by atoms with van der Waals surface area (Å²) in [5.41, 5.74) is 0. The average Bonchev–Trinajstić information content (AvgIpc) is 2.21. The molecule has 0 fully saturated rings. The normalized spacial score (nSPS) is 35.0. The van der Waals surface area contributed by atoms with E-state index < -0.39 is 61.1 Å². The zero-order valence-corrected chi connectivity index (χ0v) is 32.0. The second kappa shape index (κ2) is 9.92. The van der Waals surface area contributed by atoms with E-state index in [-0.39, 0.29) is 0 Å². The monoisotopic (exact) mass is 588 g/mol. The maximum atomic E-state index is 5.91. The Morgan fingerprint density at radius 1 is 0.344 bits per heavy atom. The van der Waals surface area contributed by atoms with Crippen molar-refractivity contribution in [1.29, 1.82) is 0 Å². The molecule has 192 valence electrons. The molecule has 0 N–H and O–H groups in total. The molecule has 0 unspecified atom stereocenters. The van der Waals surface area contributed by atoms with Crippen LogP contribution in [0.1, 0.15) is 0 Å². The predicted octanol–water partition coefficient (Wildman–Crippen LogP) is 10.5. The third-order valence-electron chi connectivity index (χ3n) is 4.64. The molecular formula is C20H56N4P4Si4. The summed E-state index contributed by atoms with van der Waals surface area (Å²) in [6.07, 6.45) is 0. The molecule has 12 heteroatoms. The molecule has 1 aliphatic rings. The van der Waals surface area contributed by atoms with Gasteiger partial charge in [0.15, 0.2) is 0 Å². The Balaban J connectivity index is 4.10. The molecule has 0 saturated heterocycles. The summed E-state index contributed by atoms with van der Waals surface area (Å²) >= 11 is 0. The quantitative estimate of drug-likeness (QED) is 0.200. The van der Waals surface area contributed by atoms with Crippen molar-refractivity contribution in [3.8, 4) is 0 Å². The number of hydrogen-bond donors (Lipinski definition) is 0. The van der Waals surface area contributed by atoms with Crippen LogP contribution in [-0.2, 0) is 0 Å². The van der Waals surface area contributed by atoms with Crippen molar-refractivity contribution in [1.82, 2.24) is 0 Å². The predicted molar refractivity (Wildman–Crippen MR) is 174 cm³/mol. The molecule has 0 spiro atoms. The molecule has 0 atom stereocenters. The van der Waals surface area contributed by atoms with Gasteiger partial charge in [0, 0.05) is 0 Å². The zero-order valence-electron chi connectivity index (χ0n) is 24.4. The van der Waals surface area contributed by atoms with Crippen molar-refractivity contribution in [3.63, 3.8) is 0 Å². The van der Waals surface area contributed by atoms with Crippen LogP contribution in [-0.4, -0.2) is 82.1 Å². The fourth-order valence-corrected chi connectivity index (χ4v) is 56.1. The van der Waals surface area contributed by atoms with Crippen LogP contribution in [0.2, 0.25) is 78.6 Å². The van der Waals surface area contributed by atoms with E-state index in [4.69, 9.17) is 18.1 Å². The summed E-state index contributed by atoms with van der Waals surface area (Å²) < 4.78 is 23.6. The lowest BCUT2D eigenvalue weighted by Crippen LogP contribution is -2.28. The zero-order chi connectivity index (χ0) is 25.7. The van der Waals surface area contributed by atoms with Gasteiger partial charge in [0.05, 0.1) is 61.1 Å². The SMILES string of the molecule is C[Si](C)(C)CP1(C)=NP(C)(C[Si](C)(C)C)=NP(C)(C[Si](C)(C)C)=NP(C)(C[Si](C)(C)C)=N1. The lowest BCUT2D eigenvalue weighted by Gasteiger charge is -2.38. The molecule has 4 nitrogen and oxygen atoms in total. The van der Waals surface area contributed by atoms with Gasteiger partial charge in [-0.15, -0.1) is 0 Å². The highest BCUT2D eigenvalue weighted by atomic mass is 31.3. The van der Waals surface area contributed by atoms with E-state index in [0.717, 1.165) is 0 Å². The largest absolute Gasteiger partial charge is 0.242 e. The first-order chi connectivity index (χ1) is 13.7. The van der Waals surface area contributed by atoms with Gasteiger partial charge in [-0.3, -0.25) is 0 Å². The van der Waals surface area contributed by atoms with Gasteiger partial charge in [0.1, 0.15) is 0 Å². The molecule has 0 aromatic rings. The van der Waals surface area contributed by atoms with Gasteiger partial charge in [-0.25, -0.2) is 18.1 Å². The Hall–Kier alpha value is 1.79. The number of hydrogen-bond acceptors (Lipinski definition) is 4. The fourth-order valence-electron chi connectivity index (χ4n) is 5.58. The third kappa shape index (κ3) is 12.2. The van der Waals surface area contributed by atoms with Gasteiger partial charge in [0.25, 0.3) is 0 Å². The summed E-state index contributed by atoms with van der Waals surface area (Å²) in [6, 6.07) is 0. The van der Waals surface area contributed by atoms with Crippen LogP contribution in [0, 0.1) is 0 Å². The summed E-state index contributed by atoms with van der Waals surface area (Å²) in [5.74, 6) is 4.93. The highest BCUT2D eigenvalue weighted by Gasteiger charge is 2.37. The first-order valence-electron chi connectivity index (χ1n) is 12.1. The maximum Gasteiger partial charge on any atom is 0.0754 e. The molecule has 0 saturated carbocycles.